The smallest absolute Gasteiger partial charge is 0.338 e. The van der Waals surface area contributed by atoms with Crippen molar-refractivity contribution in [1.29, 1.82) is 0 Å². The van der Waals surface area contributed by atoms with Crippen LogP contribution in [0.5, 0.6) is 0 Å². The molecule has 0 bridgehead atoms. The van der Waals surface area contributed by atoms with E-state index in [4.69, 9.17) is 5.11 Å². The number of benzene rings is 1. The lowest BCUT2D eigenvalue weighted by Crippen LogP contribution is -2.18. The predicted octanol–water partition coefficient (Wildman–Crippen LogP) is 4.05. The number of aromatic carboxylic acids is 1. The second-order valence-electron chi connectivity index (χ2n) is 5.09. The van der Waals surface area contributed by atoms with Crippen molar-refractivity contribution >= 4 is 17.3 Å². The first kappa shape index (κ1) is 15.7. The summed E-state index contributed by atoms with van der Waals surface area (Å²) in [6.07, 6.45) is 0. The number of carbonyl (C=O) groups is 1. The normalized spacial score (nSPS) is 12.4. The number of nitrogens with one attached hydrogen (secondary N) is 1. The minimum atomic E-state index is -1.25. The third-order valence-corrected chi connectivity index (χ3v) is 4.40. The molecule has 2 N–H and O–H groups in total. The summed E-state index contributed by atoms with van der Waals surface area (Å²) in [5, 5.41) is 12.1. The van der Waals surface area contributed by atoms with Gasteiger partial charge in [-0.05, 0) is 50.1 Å². The topological polar surface area (TPSA) is 49.3 Å². The SMILES string of the molecule is Cc1cc(C(C)NCc2ccc(C(=O)O)c(F)c2)c(C)s1. The van der Waals surface area contributed by atoms with Crippen molar-refractivity contribution < 1.29 is 14.3 Å². The quantitative estimate of drug-likeness (QED) is 0.876. The van der Waals surface area contributed by atoms with Crippen LogP contribution in [0.15, 0.2) is 24.3 Å². The van der Waals surface area contributed by atoms with Crippen LogP contribution in [0, 0.1) is 19.7 Å². The number of aryl methyl sites for hydroxylation is 2. The van der Waals surface area contributed by atoms with Gasteiger partial charge in [-0.15, -0.1) is 11.3 Å². The minimum absolute atomic E-state index is 0.164. The second-order valence-corrected chi connectivity index (χ2v) is 6.55. The molecule has 5 heteroatoms. The molecular weight excluding hydrogens is 289 g/mol. The fourth-order valence-electron chi connectivity index (χ4n) is 2.30. The highest BCUT2D eigenvalue weighted by atomic mass is 32.1. The number of thiophene rings is 1. The predicted molar refractivity (Wildman–Crippen MR) is 82.4 cm³/mol. The van der Waals surface area contributed by atoms with Crippen LogP contribution < -0.4 is 5.32 Å². The van der Waals surface area contributed by atoms with Crippen LogP contribution in [0.3, 0.4) is 0 Å². The minimum Gasteiger partial charge on any atom is -0.478 e. The van der Waals surface area contributed by atoms with Crippen LogP contribution >= 0.6 is 11.3 Å². The Kier molecular flexibility index (Phi) is 4.75. The average molecular weight is 307 g/mol. The van der Waals surface area contributed by atoms with Crippen LogP contribution in [0.1, 0.15) is 44.2 Å². The lowest BCUT2D eigenvalue weighted by atomic mass is 10.1. The largest absolute Gasteiger partial charge is 0.478 e. The molecule has 1 heterocycles. The van der Waals surface area contributed by atoms with E-state index in [1.807, 2.05) is 0 Å². The van der Waals surface area contributed by atoms with Gasteiger partial charge in [-0.25, -0.2) is 9.18 Å². The lowest BCUT2D eigenvalue weighted by molar-refractivity contribution is 0.0692. The van der Waals surface area contributed by atoms with Crippen molar-refractivity contribution in [2.75, 3.05) is 0 Å². The summed E-state index contributed by atoms with van der Waals surface area (Å²) in [7, 11) is 0. The second kappa shape index (κ2) is 6.37. The van der Waals surface area contributed by atoms with Crippen molar-refractivity contribution in [3.8, 4) is 0 Å². The first-order chi connectivity index (χ1) is 9.88. The fourth-order valence-corrected chi connectivity index (χ4v) is 3.33. The van der Waals surface area contributed by atoms with E-state index in [1.54, 1.807) is 17.4 Å². The monoisotopic (exact) mass is 307 g/mol. The Morgan fingerprint density at radius 3 is 2.62 bits per heavy atom. The van der Waals surface area contributed by atoms with Gasteiger partial charge in [0.15, 0.2) is 0 Å². The molecule has 1 unspecified atom stereocenters. The number of hydrogen-bond donors (Lipinski definition) is 2. The van der Waals surface area contributed by atoms with Crippen LogP contribution in [-0.4, -0.2) is 11.1 Å². The van der Waals surface area contributed by atoms with E-state index in [2.05, 4.69) is 32.2 Å². The van der Waals surface area contributed by atoms with Crippen molar-refractivity contribution in [3.05, 3.63) is 56.5 Å². The van der Waals surface area contributed by atoms with Gasteiger partial charge in [0.2, 0.25) is 0 Å². The molecule has 1 aromatic carbocycles. The number of halogens is 1. The Morgan fingerprint density at radius 2 is 2.10 bits per heavy atom. The molecule has 0 fully saturated rings. The van der Waals surface area contributed by atoms with Gasteiger partial charge in [0.05, 0.1) is 5.56 Å². The van der Waals surface area contributed by atoms with E-state index in [0.717, 1.165) is 5.56 Å². The molecule has 1 atom stereocenters. The Labute approximate surface area is 127 Å². The van der Waals surface area contributed by atoms with Crippen LogP contribution in [-0.2, 0) is 6.54 Å². The van der Waals surface area contributed by atoms with E-state index >= 15 is 0 Å². The Morgan fingerprint density at radius 1 is 1.38 bits per heavy atom. The summed E-state index contributed by atoms with van der Waals surface area (Å²) in [6, 6.07) is 6.54. The highest BCUT2D eigenvalue weighted by Crippen LogP contribution is 2.26. The van der Waals surface area contributed by atoms with Crippen LogP contribution in [0.4, 0.5) is 4.39 Å². The zero-order valence-electron chi connectivity index (χ0n) is 12.2. The van der Waals surface area contributed by atoms with Gasteiger partial charge in [0, 0.05) is 22.3 Å². The van der Waals surface area contributed by atoms with E-state index < -0.39 is 11.8 Å². The molecule has 2 rings (SSSR count). The zero-order valence-corrected chi connectivity index (χ0v) is 13.1. The van der Waals surface area contributed by atoms with Crippen molar-refractivity contribution in [1.82, 2.24) is 5.32 Å². The van der Waals surface area contributed by atoms with E-state index in [9.17, 15) is 9.18 Å². The van der Waals surface area contributed by atoms with Gasteiger partial charge in [0.25, 0.3) is 0 Å². The summed E-state index contributed by atoms with van der Waals surface area (Å²) >= 11 is 1.76. The summed E-state index contributed by atoms with van der Waals surface area (Å²) in [6.45, 7) is 6.73. The third kappa shape index (κ3) is 3.68. The maximum atomic E-state index is 13.6. The molecule has 3 nitrogen and oxygen atoms in total. The Balaban J connectivity index is 2.04. The van der Waals surface area contributed by atoms with Gasteiger partial charge in [-0.2, -0.15) is 0 Å². The molecule has 1 aromatic heterocycles. The number of hydrogen-bond acceptors (Lipinski definition) is 3. The van der Waals surface area contributed by atoms with E-state index in [0.29, 0.717) is 6.54 Å². The summed E-state index contributed by atoms with van der Waals surface area (Å²) in [5.74, 6) is -1.94. The fraction of sp³-hybridized carbons (Fsp3) is 0.312. The molecule has 0 aliphatic rings. The number of carboxylic acids is 1. The molecule has 0 amide bonds. The summed E-state index contributed by atoms with van der Waals surface area (Å²) in [5.41, 5.74) is 1.69. The molecule has 2 aromatic rings. The summed E-state index contributed by atoms with van der Waals surface area (Å²) < 4.78 is 13.6. The standard InChI is InChI=1S/C16H18FNO2S/c1-9-6-14(11(3)21-9)10(2)18-8-12-4-5-13(16(19)20)15(17)7-12/h4-7,10,18H,8H2,1-3H3,(H,19,20). The molecule has 112 valence electrons. The lowest BCUT2D eigenvalue weighted by Gasteiger charge is -2.14. The molecule has 21 heavy (non-hydrogen) atoms. The molecule has 0 radical (unpaired) electrons. The van der Waals surface area contributed by atoms with E-state index in [-0.39, 0.29) is 11.6 Å². The Hall–Kier alpha value is -1.72. The molecular formula is C16H18FNO2S. The van der Waals surface area contributed by atoms with Gasteiger partial charge < -0.3 is 10.4 Å². The average Bonchev–Trinajstić information content (AvgIpc) is 2.74. The highest BCUT2D eigenvalue weighted by Gasteiger charge is 2.13. The summed E-state index contributed by atoms with van der Waals surface area (Å²) in [4.78, 5) is 13.3. The molecule has 0 saturated heterocycles. The van der Waals surface area contributed by atoms with Crippen molar-refractivity contribution in [3.63, 3.8) is 0 Å². The van der Waals surface area contributed by atoms with Gasteiger partial charge in [-0.1, -0.05) is 6.07 Å². The Bertz CT molecular complexity index is 666. The first-order valence-electron chi connectivity index (χ1n) is 6.70. The van der Waals surface area contributed by atoms with Crippen LogP contribution in [0.2, 0.25) is 0 Å². The maximum Gasteiger partial charge on any atom is 0.338 e. The molecule has 0 aliphatic heterocycles. The van der Waals surface area contributed by atoms with Gasteiger partial charge >= 0.3 is 5.97 Å². The number of carboxylic acid groups (broad SMARTS) is 1. The van der Waals surface area contributed by atoms with Crippen molar-refractivity contribution in [2.45, 2.75) is 33.4 Å². The first-order valence-corrected chi connectivity index (χ1v) is 7.52. The highest BCUT2D eigenvalue weighted by molar-refractivity contribution is 7.12. The van der Waals surface area contributed by atoms with Crippen LogP contribution in [0.25, 0.3) is 0 Å². The van der Waals surface area contributed by atoms with Gasteiger partial charge in [-0.3, -0.25) is 0 Å². The third-order valence-electron chi connectivity index (χ3n) is 3.42. The zero-order chi connectivity index (χ0) is 15.6. The van der Waals surface area contributed by atoms with E-state index in [1.165, 1.54) is 27.5 Å². The van der Waals surface area contributed by atoms with Crippen molar-refractivity contribution in [2.24, 2.45) is 0 Å². The maximum absolute atomic E-state index is 13.6. The van der Waals surface area contributed by atoms with Gasteiger partial charge in [0.1, 0.15) is 5.82 Å². The molecule has 0 aliphatic carbocycles. The number of rotatable bonds is 5. The molecule has 0 saturated carbocycles. The molecule has 0 spiro atoms.